The summed E-state index contributed by atoms with van der Waals surface area (Å²) < 4.78 is 2.97. The van der Waals surface area contributed by atoms with Crippen LogP contribution >= 0.6 is 27.5 Å². The number of aryl methyl sites for hydroxylation is 2. The quantitative estimate of drug-likeness (QED) is 0.767. The highest BCUT2D eigenvalue weighted by molar-refractivity contribution is 9.10. The fourth-order valence-corrected chi connectivity index (χ4v) is 2.36. The minimum absolute atomic E-state index is 0.479. The number of benzene rings is 1. The molecule has 0 aliphatic heterocycles. The van der Waals surface area contributed by atoms with E-state index in [1.165, 1.54) is 0 Å². The maximum absolute atomic E-state index is 5.95. The molecule has 0 aliphatic carbocycles. The van der Waals surface area contributed by atoms with E-state index in [9.17, 15) is 0 Å². The summed E-state index contributed by atoms with van der Waals surface area (Å²) in [4.78, 5) is 0. The second kappa shape index (κ2) is 4.60. The third-order valence-corrected chi connectivity index (χ3v) is 3.20. The monoisotopic (exact) mass is 298 g/mol. The van der Waals surface area contributed by atoms with Crippen molar-refractivity contribution in [2.24, 2.45) is 0 Å². The topological polar surface area (TPSA) is 17.8 Å². The molecule has 0 N–H and O–H groups in total. The number of alkyl halides is 1. The van der Waals surface area contributed by atoms with Gasteiger partial charge in [-0.05, 0) is 43.7 Å². The van der Waals surface area contributed by atoms with Crippen molar-refractivity contribution in [1.29, 1.82) is 0 Å². The third kappa shape index (κ3) is 2.15. The molecule has 0 fully saturated rings. The number of hydrogen-bond donors (Lipinski definition) is 0. The van der Waals surface area contributed by atoms with Crippen molar-refractivity contribution < 1.29 is 0 Å². The van der Waals surface area contributed by atoms with Gasteiger partial charge in [0.15, 0.2) is 0 Å². The van der Waals surface area contributed by atoms with E-state index in [1.807, 2.05) is 36.7 Å². The molecule has 2 nitrogen and oxygen atoms in total. The zero-order chi connectivity index (χ0) is 11.7. The average Bonchev–Trinajstić information content (AvgIpc) is 2.57. The fourth-order valence-electron chi connectivity index (χ4n) is 1.74. The average molecular weight is 300 g/mol. The summed E-state index contributed by atoms with van der Waals surface area (Å²) >= 11 is 9.40. The normalized spacial score (nSPS) is 10.8. The van der Waals surface area contributed by atoms with E-state index in [0.717, 1.165) is 27.1 Å². The Balaban J connectivity index is 2.59. The van der Waals surface area contributed by atoms with Crippen LogP contribution in [0.5, 0.6) is 0 Å². The molecule has 1 heterocycles. The third-order valence-electron chi connectivity index (χ3n) is 2.42. The molecular formula is C12H12BrClN2. The van der Waals surface area contributed by atoms with Gasteiger partial charge in [-0.2, -0.15) is 5.10 Å². The summed E-state index contributed by atoms with van der Waals surface area (Å²) in [6, 6.07) is 8.11. The van der Waals surface area contributed by atoms with Crippen molar-refractivity contribution in [2.45, 2.75) is 19.7 Å². The van der Waals surface area contributed by atoms with Gasteiger partial charge in [-0.1, -0.05) is 15.9 Å². The van der Waals surface area contributed by atoms with Crippen LogP contribution in [-0.4, -0.2) is 9.78 Å². The highest BCUT2D eigenvalue weighted by Gasteiger charge is 2.08. The lowest BCUT2D eigenvalue weighted by molar-refractivity contribution is 0.826. The summed E-state index contributed by atoms with van der Waals surface area (Å²) in [6.45, 7) is 4.03. The van der Waals surface area contributed by atoms with E-state index in [2.05, 4.69) is 27.1 Å². The number of rotatable bonds is 2. The summed E-state index contributed by atoms with van der Waals surface area (Å²) in [6.07, 6.45) is 0. The molecule has 0 radical (unpaired) electrons. The molecule has 1 aromatic heterocycles. The first-order valence-electron chi connectivity index (χ1n) is 5.00. The predicted molar refractivity (Wildman–Crippen MR) is 70.3 cm³/mol. The SMILES string of the molecule is Cc1cc(C)n(-c2ccc(Br)cc2CCl)n1. The molecular weight excluding hydrogens is 288 g/mol. The molecule has 0 saturated carbocycles. The predicted octanol–water partition coefficient (Wildman–Crippen LogP) is 3.99. The zero-order valence-electron chi connectivity index (χ0n) is 9.17. The Labute approximate surface area is 108 Å². The van der Waals surface area contributed by atoms with Crippen LogP contribution in [-0.2, 0) is 5.88 Å². The number of nitrogens with zero attached hydrogens (tertiary/aromatic N) is 2. The Hall–Kier alpha value is -0.800. The highest BCUT2D eigenvalue weighted by atomic mass is 79.9. The molecule has 2 aromatic rings. The van der Waals surface area contributed by atoms with E-state index < -0.39 is 0 Å². The van der Waals surface area contributed by atoms with Crippen molar-refractivity contribution in [3.05, 3.63) is 45.7 Å². The van der Waals surface area contributed by atoms with Gasteiger partial charge in [0.2, 0.25) is 0 Å². The van der Waals surface area contributed by atoms with Crippen LogP contribution in [0, 0.1) is 13.8 Å². The first-order valence-corrected chi connectivity index (χ1v) is 6.32. The van der Waals surface area contributed by atoms with Crippen molar-refractivity contribution in [3.63, 3.8) is 0 Å². The Kier molecular flexibility index (Phi) is 3.36. The van der Waals surface area contributed by atoms with Gasteiger partial charge < -0.3 is 0 Å². The summed E-state index contributed by atoms with van der Waals surface area (Å²) in [5.41, 5.74) is 4.25. The van der Waals surface area contributed by atoms with Gasteiger partial charge in [-0.15, -0.1) is 11.6 Å². The van der Waals surface area contributed by atoms with Crippen LogP contribution in [0.4, 0.5) is 0 Å². The molecule has 1 aromatic carbocycles. The molecule has 0 bridgehead atoms. The highest BCUT2D eigenvalue weighted by Crippen LogP contribution is 2.22. The van der Waals surface area contributed by atoms with Crippen LogP contribution in [0.3, 0.4) is 0 Å². The van der Waals surface area contributed by atoms with Crippen LogP contribution in [0.2, 0.25) is 0 Å². The number of aromatic nitrogens is 2. The van der Waals surface area contributed by atoms with Crippen molar-refractivity contribution in [2.75, 3.05) is 0 Å². The van der Waals surface area contributed by atoms with Gasteiger partial charge in [0.1, 0.15) is 0 Å². The van der Waals surface area contributed by atoms with E-state index in [4.69, 9.17) is 11.6 Å². The molecule has 0 aliphatic rings. The Morgan fingerprint density at radius 2 is 2.06 bits per heavy atom. The molecule has 0 saturated heterocycles. The standard InChI is InChI=1S/C12H12BrClN2/c1-8-5-9(2)16(15-8)12-4-3-11(13)6-10(12)7-14/h3-6H,7H2,1-2H3. The largest absolute Gasteiger partial charge is 0.238 e. The Bertz CT molecular complexity index is 520. The van der Waals surface area contributed by atoms with E-state index >= 15 is 0 Å². The van der Waals surface area contributed by atoms with Crippen LogP contribution < -0.4 is 0 Å². The molecule has 0 spiro atoms. The van der Waals surface area contributed by atoms with Gasteiger partial charge >= 0.3 is 0 Å². The molecule has 16 heavy (non-hydrogen) atoms. The fraction of sp³-hybridized carbons (Fsp3) is 0.250. The van der Waals surface area contributed by atoms with Crippen LogP contribution in [0.25, 0.3) is 5.69 Å². The van der Waals surface area contributed by atoms with Gasteiger partial charge in [0.25, 0.3) is 0 Å². The second-order valence-electron chi connectivity index (χ2n) is 3.75. The number of hydrogen-bond acceptors (Lipinski definition) is 1. The maximum Gasteiger partial charge on any atom is 0.0693 e. The Morgan fingerprint density at radius 3 is 2.62 bits per heavy atom. The van der Waals surface area contributed by atoms with Crippen LogP contribution in [0.15, 0.2) is 28.7 Å². The summed E-state index contributed by atoms with van der Waals surface area (Å²) in [7, 11) is 0. The minimum atomic E-state index is 0.479. The van der Waals surface area contributed by atoms with Crippen molar-refractivity contribution in [1.82, 2.24) is 9.78 Å². The zero-order valence-corrected chi connectivity index (χ0v) is 11.5. The van der Waals surface area contributed by atoms with Crippen molar-refractivity contribution >= 4 is 27.5 Å². The Morgan fingerprint density at radius 1 is 1.31 bits per heavy atom. The first kappa shape index (κ1) is 11.7. The molecule has 0 unspecified atom stereocenters. The molecule has 2 rings (SSSR count). The summed E-state index contributed by atoms with van der Waals surface area (Å²) in [5.74, 6) is 0.479. The minimum Gasteiger partial charge on any atom is -0.238 e. The second-order valence-corrected chi connectivity index (χ2v) is 4.93. The first-order chi connectivity index (χ1) is 7.61. The van der Waals surface area contributed by atoms with Gasteiger partial charge in [0, 0.05) is 16.0 Å². The molecule has 0 atom stereocenters. The lowest BCUT2D eigenvalue weighted by Gasteiger charge is -2.09. The lowest BCUT2D eigenvalue weighted by atomic mass is 10.2. The van der Waals surface area contributed by atoms with E-state index in [-0.39, 0.29) is 0 Å². The van der Waals surface area contributed by atoms with Gasteiger partial charge in [0.05, 0.1) is 11.4 Å². The number of halogens is 2. The smallest absolute Gasteiger partial charge is 0.0693 e. The van der Waals surface area contributed by atoms with E-state index in [1.54, 1.807) is 0 Å². The van der Waals surface area contributed by atoms with Crippen LogP contribution in [0.1, 0.15) is 17.0 Å². The van der Waals surface area contributed by atoms with Gasteiger partial charge in [-0.3, -0.25) is 0 Å². The van der Waals surface area contributed by atoms with Crippen molar-refractivity contribution in [3.8, 4) is 5.69 Å². The molecule has 0 amide bonds. The molecule has 84 valence electrons. The van der Waals surface area contributed by atoms with Gasteiger partial charge in [-0.25, -0.2) is 4.68 Å². The molecule has 4 heteroatoms. The maximum atomic E-state index is 5.95. The van der Waals surface area contributed by atoms with E-state index in [0.29, 0.717) is 5.88 Å². The summed E-state index contributed by atoms with van der Waals surface area (Å²) in [5, 5.41) is 4.46. The lowest BCUT2D eigenvalue weighted by Crippen LogP contribution is -2.02.